The highest BCUT2D eigenvalue weighted by atomic mass is 19.4. The molecule has 11 nitrogen and oxygen atoms in total. The lowest BCUT2D eigenvalue weighted by Gasteiger charge is -2.20. The Labute approximate surface area is 289 Å². The lowest BCUT2D eigenvalue weighted by molar-refractivity contribution is -0.189. The van der Waals surface area contributed by atoms with Crippen molar-refractivity contribution in [3.05, 3.63) is 75.6 Å². The number of aromatic nitrogens is 3. The number of anilines is 1. The summed E-state index contributed by atoms with van der Waals surface area (Å²) in [5, 5.41) is 5.62. The Hall–Kier alpha value is -4.96. The number of nitrogens with zero attached hydrogens (tertiary/aromatic N) is 4. The predicted octanol–water partition coefficient (Wildman–Crippen LogP) is 5.55. The summed E-state index contributed by atoms with van der Waals surface area (Å²) in [5.41, 5.74) is -2.50. The van der Waals surface area contributed by atoms with Crippen LogP contribution in [-0.4, -0.2) is 82.9 Å². The zero-order chi connectivity index (χ0) is 36.9. The van der Waals surface area contributed by atoms with Crippen LogP contribution in [-0.2, 0) is 9.53 Å². The number of ether oxygens (including phenoxy) is 2. The number of carbonyl (C=O) groups is 2. The van der Waals surface area contributed by atoms with Crippen molar-refractivity contribution in [2.45, 2.75) is 52.3 Å². The lowest BCUT2D eigenvalue weighted by Crippen LogP contribution is -2.33. The van der Waals surface area contributed by atoms with Gasteiger partial charge in [0, 0.05) is 36.7 Å². The van der Waals surface area contributed by atoms with Gasteiger partial charge in [-0.05, 0) is 75.6 Å². The monoisotopic (exact) mass is 716 g/mol. The molecule has 272 valence electrons. The van der Waals surface area contributed by atoms with E-state index in [0.29, 0.717) is 37.1 Å². The molecule has 0 aliphatic carbocycles. The third kappa shape index (κ3) is 8.34. The van der Waals surface area contributed by atoms with E-state index >= 15 is 8.78 Å². The third-order valence-corrected chi connectivity index (χ3v) is 8.53. The zero-order valence-electron chi connectivity index (χ0n) is 28.2. The van der Waals surface area contributed by atoms with Crippen molar-refractivity contribution in [2.75, 3.05) is 44.6 Å². The van der Waals surface area contributed by atoms with Crippen LogP contribution in [0, 0.1) is 18.6 Å². The smallest absolute Gasteiger partial charge is 0.418 e. The number of rotatable bonds is 13. The maximum absolute atomic E-state index is 15.2. The number of carbonyl (C=O) groups excluding carboxylic acids is 2. The standard InChI is InChI=1S/C35H37F5N6O5/c1-4-45(5-2)17-8-16-41-34-43-28(22-14-15-26(47)46(31(22)44-34)29-24(36)10-6-11-25(29)37)27-20(3)12-13-23(30(27)51-33(49)35(38,39)40)32(48)42-19-21-9-7-18-50-21/h6,10-15,21H,4-5,7-9,16-19H2,1-3H3,(H,42,48)(H,41,43,44). The van der Waals surface area contributed by atoms with E-state index in [4.69, 9.17) is 9.47 Å². The average molecular weight is 717 g/mol. The number of fused-ring (bicyclic) bond motifs is 1. The Balaban J connectivity index is 1.74. The minimum atomic E-state index is -5.44. The first-order chi connectivity index (χ1) is 24.3. The number of benzene rings is 2. The molecule has 0 radical (unpaired) electrons. The molecule has 0 bridgehead atoms. The molecule has 3 heterocycles. The molecule has 1 saturated heterocycles. The molecular weight excluding hydrogens is 679 g/mol. The number of hydrogen-bond donors (Lipinski definition) is 2. The second-order valence-corrected chi connectivity index (χ2v) is 11.9. The van der Waals surface area contributed by atoms with E-state index in [-0.39, 0.29) is 46.5 Å². The molecule has 2 N–H and O–H groups in total. The molecule has 0 saturated carbocycles. The first-order valence-electron chi connectivity index (χ1n) is 16.5. The number of amides is 1. The van der Waals surface area contributed by atoms with Crippen molar-refractivity contribution in [1.29, 1.82) is 0 Å². The topological polar surface area (TPSA) is 128 Å². The van der Waals surface area contributed by atoms with Crippen LogP contribution in [0.4, 0.5) is 27.9 Å². The highest BCUT2D eigenvalue weighted by Gasteiger charge is 2.43. The van der Waals surface area contributed by atoms with Crippen LogP contribution in [0.5, 0.6) is 5.75 Å². The van der Waals surface area contributed by atoms with E-state index in [1.165, 1.54) is 25.1 Å². The van der Waals surface area contributed by atoms with Crippen LogP contribution in [0.25, 0.3) is 28.0 Å². The molecular formula is C35H37F5N6O5. The minimum Gasteiger partial charge on any atom is -0.418 e. The summed E-state index contributed by atoms with van der Waals surface area (Å²) in [7, 11) is 0. The van der Waals surface area contributed by atoms with Crippen LogP contribution >= 0.6 is 0 Å². The number of aryl methyl sites for hydroxylation is 1. The average Bonchev–Trinajstić information content (AvgIpc) is 3.61. The second-order valence-electron chi connectivity index (χ2n) is 11.9. The third-order valence-electron chi connectivity index (χ3n) is 8.53. The number of pyridine rings is 1. The fourth-order valence-corrected chi connectivity index (χ4v) is 5.86. The van der Waals surface area contributed by atoms with Gasteiger partial charge >= 0.3 is 12.1 Å². The molecule has 2 aromatic carbocycles. The number of para-hydroxylation sites is 1. The Kier molecular flexibility index (Phi) is 11.7. The molecule has 5 rings (SSSR count). The first-order valence-corrected chi connectivity index (χ1v) is 16.5. The number of alkyl halides is 3. The van der Waals surface area contributed by atoms with Crippen molar-refractivity contribution in [2.24, 2.45) is 0 Å². The van der Waals surface area contributed by atoms with E-state index in [1.54, 1.807) is 0 Å². The van der Waals surface area contributed by atoms with E-state index in [1.807, 2.05) is 13.8 Å². The largest absolute Gasteiger partial charge is 0.491 e. The first kappa shape index (κ1) is 37.3. The highest BCUT2D eigenvalue weighted by molar-refractivity contribution is 6.03. The van der Waals surface area contributed by atoms with E-state index in [2.05, 4.69) is 25.5 Å². The Bertz CT molecular complexity index is 1960. The molecule has 51 heavy (non-hydrogen) atoms. The molecule has 0 spiro atoms. The summed E-state index contributed by atoms with van der Waals surface area (Å²) in [5.74, 6) is -6.52. The van der Waals surface area contributed by atoms with Gasteiger partial charge in [-0.25, -0.2) is 18.6 Å². The lowest BCUT2D eigenvalue weighted by atomic mass is 9.97. The molecule has 1 unspecified atom stereocenters. The Morgan fingerprint density at radius 1 is 1.06 bits per heavy atom. The maximum atomic E-state index is 15.2. The van der Waals surface area contributed by atoms with E-state index in [0.717, 1.165) is 43.8 Å². The fourth-order valence-electron chi connectivity index (χ4n) is 5.86. The highest BCUT2D eigenvalue weighted by Crippen LogP contribution is 2.40. The van der Waals surface area contributed by atoms with E-state index < -0.39 is 52.2 Å². The number of halogens is 5. The quantitative estimate of drug-likeness (QED) is 0.0792. The Morgan fingerprint density at radius 3 is 2.43 bits per heavy atom. The molecule has 1 fully saturated rings. The van der Waals surface area contributed by atoms with Crippen LogP contribution in [0.15, 0.2) is 47.3 Å². The van der Waals surface area contributed by atoms with Gasteiger partial charge in [-0.2, -0.15) is 18.2 Å². The summed E-state index contributed by atoms with van der Waals surface area (Å²) < 4.78 is 82.6. The predicted molar refractivity (Wildman–Crippen MR) is 179 cm³/mol. The summed E-state index contributed by atoms with van der Waals surface area (Å²) >= 11 is 0. The summed E-state index contributed by atoms with van der Waals surface area (Å²) in [6.45, 7) is 8.68. The van der Waals surface area contributed by atoms with Gasteiger partial charge in [-0.1, -0.05) is 26.0 Å². The van der Waals surface area contributed by atoms with Gasteiger partial charge in [0.05, 0.1) is 17.4 Å². The Morgan fingerprint density at radius 2 is 1.78 bits per heavy atom. The maximum Gasteiger partial charge on any atom is 0.491 e. The van der Waals surface area contributed by atoms with Crippen LogP contribution in [0.1, 0.15) is 49.0 Å². The van der Waals surface area contributed by atoms with Crippen LogP contribution in [0.3, 0.4) is 0 Å². The number of hydrogen-bond acceptors (Lipinski definition) is 9. The van der Waals surface area contributed by atoms with Crippen LogP contribution < -0.4 is 20.9 Å². The SMILES string of the molecule is CCN(CC)CCCNc1nc(-c2c(C)ccc(C(=O)NCC3CCCO3)c2OC(=O)C(F)(F)F)c2ccc(=O)n(-c3c(F)cccc3F)c2n1. The van der Waals surface area contributed by atoms with Gasteiger partial charge in [-0.3, -0.25) is 14.2 Å². The summed E-state index contributed by atoms with van der Waals surface area (Å²) in [6.07, 6.45) is -3.71. The summed E-state index contributed by atoms with van der Waals surface area (Å²) in [6, 6.07) is 7.90. The van der Waals surface area contributed by atoms with Gasteiger partial charge in [0.15, 0.2) is 11.4 Å². The van der Waals surface area contributed by atoms with Gasteiger partial charge in [0.2, 0.25) is 5.95 Å². The molecule has 1 aliphatic rings. The molecule has 16 heteroatoms. The number of nitrogens with one attached hydrogen (secondary N) is 2. The number of esters is 1. The van der Waals surface area contributed by atoms with Crippen molar-refractivity contribution < 1.29 is 41.0 Å². The molecule has 4 aromatic rings. The second kappa shape index (κ2) is 15.9. The molecule has 1 aliphatic heterocycles. The van der Waals surface area contributed by atoms with Crippen molar-refractivity contribution in [3.8, 4) is 22.7 Å². The zero-order valence-corrected chi connectivity index (χ0v) is 28.2. The normalized spacial score (nSPS) is 14.6. The minimum absolute atomic E-state index is 0.0461. The molecule has 2 aromatic heterocycles. The van der Waals surface area contributed by atoms with Gasteiger partial charge in [0.1, 0.15) is 17.3 Å². The molecule has 1 amide bonds. The van der Waals surface area contributed by atoms with Crippen molar-refractivity contribution in [3.63, 3.8) is 0 Å². The van der Waals surface area contributed by atoms with Gasteiger partial charge in [-0.15, -0.1) is 0 Å². The summed E-state index contributed by atoms with van der Waals surface area (Å²) in [4.78, 5) is 50.3. The van der Waals surface area contributed by atoms with E-state index in [9.17, 15) is 27.6 Å². The van der Waals surface area contributed by atoms with Crippen molar-refractivity contribution >= 4 is 28.9 Å². The van der Waals surface area contributed by atoms with Gasteiger partial charge in [0.25, 0.3) is 11.5 Å². The van der Waals surface area contributed by atoms with Crippen molar-refractivity contribution in [1.82, 2.24) is 24.8 Å². The fraction of sp³-hybridized carbons (Fsp3) is 0.400. The van der Waals surface area contributed by atoms with Crippen LogP contribution in [0.2, 0.25) is 0 Å². The van der Waals surface area contributed by atoms with Gasteiger partial charge < -0.3 is 25.0 Å². The molecule has 1 atom stereocenters.